The molecule has 1 rings (SSSR count). The van der Waals surface area contributed by atoms with Gasteiger partial charge in [-0.2, -0.15) is 0 Å². The molecule has 33 heavy (non-hydrogen) atoms. The van der Waals surface area contributed by atoms with Crippen molar-refractivity contribution in [1.82, 2.24) is 4.98 Å². The van der Waals surface area contributed by atoms with E-state index in [1.807, 2.05) is 20.8 Å². The van der Waals surface area contributed by atoms with Crippen molar-refractivity contribution in [3.8, 4) is 0 Å². The first-order valence-corrected chi connectivity index (χ1v) is 13.1. The van der Waals surface area contributed by atoms with E-state index in [2.05, 4.69) is 11.9 Å². The SMILES string of the molecule is CCCCCCCCCCCCCCCCOC(=O)c1cccc(C(=O)OCC(C)(C)C)n1. The Morgan fingerprint density at radius 2 is 1.12 bits per heavy atom. The smallest absolute Gasteiger partial charge is 0.356 e. The molecule has 0 aliphatic heterocycles. The second-order valence-electron chi connectivity index (χ2n) is 10.3. The highest BCUT2D eigenvalue weighted by Gasteiger charge is 2.18. The van der Waals surface area contributed by atoms with Crippen LogP contribution >= 0.6 is 0 Å². The number of unbranched alkanes of at least 4 members (excludes halogenated alkanes) is 13. The van der Waals surface area contributed by atoms with Crippen LogP contribution in [0.5, 0.6) is 0 Å². The number of nitrogens with zero attached hydrogens (tertiary/aromatic N) is 1. The van der Waals surface area contributed by atoms with E-state index in [9.17, 15) is 9.59 Å². The van der Waals surface area contributed by atoms with Crippen LogP contribution in [0.2, 0.25) is 0 Å². The minimum absolute atomic E-state index is 0.125. The van der Waals surface area contributed by atoms with Crippen molar-refractivity contribution >= 4 is 11.9 Å². The minimum atomic E-state index is -0.522. The highest BCUT2D eigenvalue weighted by atomic mass is 16.5. The monoisotopic (exact) mass is 461 g/mol. The van der Waals surface area contributed by atoms with Crippen molar-refractivity contribution in [1.29, 1.82) is 0 Å². The van der Waals surface area contributed by atoms with Gasteiger partial charge in [-0.3, -0.25) is 0 Å². The highest BCUT2D eigenvalue weighted by Crippen LogP contribution is 2.15. The van der Waals surface area contributed by atoms with Gasteiger partial charge in [0.15, 0.2) is 0 Å². The Kier molecular flexibility index (Phi) is 15.5. The van der Waals surface area contributed by atoms with E-state index in [1.54, 1.807) is 18.2 Å². The molecule has 0 aliphatic carbocycles. The van der Waals surface area contributed by atoms with Gasteiger partial charge in [0, 0.05) is 0 Å². The number of aromatic nitrogens is 1. The summed E-state index contributed by atoms with van der Waals surface area (Å²) in [5, 5.41) is 0. The van der Waals surface area contributed by atoms with E-state index in [1.165, 1.54) is 77.0 Å². The zero-order valence-electron chi connectivity index (χ0n) is 21.6. The third-order valence-corrected chi connectivity index (χ3v) is 5.53. The van der Waals surface area contributed by atoms with Crippen LogP contribution < -0.4 is 0 Å². The predicted molar refractivity (Wildman–Crippen MR) is 135 cm³/mol. The second-order valence-corrected chi connectivity index (χ2v) is 10.3. The Morgan fingerprint density at radius 3 is 1.58 bits per heavy atom. The van der Waals surface area contributed by atoms with Gasteiger partial charge >= 0.3 is 11.9 Å². The van der Waals surface area contributed by atoms with Gasteiger partial charge in [-0.25, -0.2) is 14.6 Å². The molecule has 0 saturated carbocycles. The third-order valence-electron chi connectivity index (χ3n) is 5.53. The number of rotatable bonds is 18. The number of carbonyl (C=O) groups excluding carboxylic acids is 2. The lowest BCUT2D eigenvalue weighted by Crippen LogP contribution is -2.19. The molecular formula is C28H47NO4. The molecule has 1 aromatic heterocycles. The lowest BCUT2D eigenvalue weighted by atomic mass is 9.99. The van der Waals surface area contributed by atoms with Crippen molar-refractivity contribution in [2.45, 2.75) is 118 Å². The van der Waals surface area contributed by atoms with Crippen LogP contribution in [0.25, 0.3) is 0 Å². The average molecular weight is 462 g/mol. The molecule has 0 N–H and O–H groups in total. The normalized spacial score (nSPS) is 11.4. The number of ether oxygens (including phenoxy) is 2. The summed E-state index contributed by atoms with van der Waals surface area (Å²) in [6.07, 6.45) is 18.1. The standard InChI is InChI=1S/C28H47NO4/c1-5-6-7-8-9-10-11-12-13-14-15-16-17-18-22-32-26(30)24-20-19-21-25(29-24)27(31)33-23-28(2,3)4/h19-21H,5-18,22-23H2,1-4H3. The fourth-order valence-corrected chi connectivity index (χ4v) is 3.55. The average Bonchev–Trinajstić information content (AvgIpc) is 2.79. The molecule has 5 nitrogen and oxygen atoms in total. The van der Waals surface area contributed by atoms with E-state index < -0.39 is 11.9 Å². The Labute approximate surface area is 202 Å². The number of hydrogen-bond donors (Lipinski definition) is 0. The summed E-state index contributed by atoms with van der Waals surface area (Å²) >= 11 is 0. The van der Waals surface area contributed by atoms with Crippen molar-refractivity contribution in [2.75, 3.05) is 13.2 Å². The lowest BCUT2D eigenvalue weighted by molar-refractivity contribution is 0.0359. The molecule has 0 saturated heterocycles. The van der Waals surface area contributed by atoms with Crippen LogP contribution in [0.15, 0.2) is 18.2 Å². The summed E-state index contributed by atoms with van der Waals surface area (Å²) < 4.78 is 10.6. The van der Waals surface area contributed by atoms with E-state index in [0.29, 0.717) is 13.2 Å². The number of pyridine rings is 1. The second kappa shape index (κ2) is 17.6. The minimum Gasteiger partial charge on any atom is -0.461 e. The maximum atomic E-state index is 12.2. The van der Waals surface area contributed by atoms with Gasteiger partial charge < -0.3 is 9.47 Å². The zero-order valence-corrected chi connectivity index (χ0v) is 21.6. The highest BCUT2D eigenvalue weighted by molar-refractivity contribution is 5.91. The van der Waals surface area contributed by atoms with Crippen LogP contribution in [-0.4, -0.2) is 30.1 Å². The van der Waals surface area contributed by atoms with E-state index in [-0.39, 0.29) is 16.8 Å². The fourth-order valence-electron chi connectivity index (χ4n) is 3.55. The molecule has 0 bridgehead atoms. The van der Waals surface area contributed by atoms with Gasteiger partial charge in [0.05, 0.1) is 13.2 Å². The summed E-state index contributed by atoms with van der Waals surface area (Å²) in [6.45, 7) is 8.90. The molecule has 1 aromatic rings. The van der Waals surface area contributed by atoms with E-state index >= 15 is 0 Å². The quantitative estimate of drug-likeness (QED) is 0.164. The molecule has 0 spiro atoms. The Balaban J connectivity index is 2.07. The number of hydrogen-bond acceptors (Lipinski definition) is 5. The number of esters is 2. The summed E-state index contributed by atoms with van der Waals surface area (Å²) in [7, 11) is 0. The largest absolute Gasteiger partial charge is 0.461 e. The van der Waals surface area contributed by atoms with Crippen molar-refractivity contribution in [3.05, 3.63) is 29.6 Å². The Morgan fingerprint density at radius 1 is 0.697 bits per heavy atom. The zero-order chi connectivity index (χ0) is 24.4. The molecule has 0 aromatic carbocycles. The molecule has 5 heteroatoms. The summed E-state index contributed by atoms with van der Waals surface area (Å²) in [4.78, 5) is 28.5. The molecule has 0 amide bonds. The van der Waals surface area contributed by atoms with Gasteiger partial charge in [-0.1, -0.05) is 117 Å². The predicted octanol–water partition coefficient (Wildman–Crippen LogP) is 7.92. The number of carbonyl (C=O) groups is 2. The van der Waals surface area contributed by atoms with Gasteiger partial charge in [-0.15, -0.1) is 0 Å². The first-order chi connectivity index (χ1) is 15.8. The van der Waals surface area contributed by atoms with E-state index in [0.717, 1.165) is 12.8 Å². The molecule has 188 valence electrons. The van der Waals surface area contributed by atoms with Crippen LogP contribution in [0.3, 0.4) is 0 Å². The molecule has 0 radical (unpaired) electrons. The Bertz CT molecular complexity index is 666. The first-order valence-electron chi connectivity index (χ1n) is 13.1. The molecule has 0 aliphatic rings. The topological polar surface area (TPSA) is 65.5 Å². The van der Waals surface area contributed by atoms with Gasteiger partial charge in [0.25, 0.3) is 0 Å². The van der Waals surface area contributed by atoms with Gasteiger partial charge in [-0.05, 0) is 24.0 Å². The summed E-state index contributed by atoms with van der Waals surface area (Å²) in [5.74, 6) is -1.01. The Hall–Kier alpha value is -1.91. The maximum absolute atomic E-state index is 12.2. The summed E-state index contributed by atoms with van der Waals surface area (Å²) in [5.41, 5.74) is 0.149. The maximum Gasteiger partial charge on any atom is 0.356 e. The lowest BCUT2D eigenvalue weighted by Gasteiger charge is -2.17. The van der Waals surface area contributed by atoms with Crippen LogP contribution in [0.4, 0.5) is 0 Å². The molecule has 0 atom stereocenters. The summed E-state index contributed by atoms with van der Waals surface area (Å²) in [6, 6.07) is 4.74. The van der Waals surface area contributed by atoms with Gasteiger partial charge in [0.2, 0.25) is 0 Å². The van der Waals surface area contributed by atoms with Crippen LogP contribution in [-0.2, 0) is 9.47 Å². The van der Waals surface area contributed by atoms with Crippen molar-refractivity contribution in [3.63, 3.8) is 0 Å². The van der Waals surface area contributed by atoms with Crippen LogP contribution in [0.1, 0.15) is 139 Å². The molecule has 1 heterocycles. The van der Waals surface area contributed by atoms with Crippen molar-refractivity contribution < 1.29 is 19.1 Å². The van der Waals surface area contributed by atoms with Gasteiger partial charge in [0.1, 0.15) is 11.4 Å². The molecule has 0 fully saturated rings. The van der Waals surface area contributed by atoms with Crippen molar-refractivity contribution in [2.24, 2.45) is 5.41 Å². The third kappa shape index (κ3) is 15.5. The van der Waals surface area contributed by atoms with E-state index in [4.69, 9.17) is 9.47 Å². The molecule has 0 unspecified atom stereocenters. The first kappa shape index (κ1) is 29.1. The fraction of sp³-hybridized carbons (Fsp3) is 0.750. The molecular weight excluding hydrogens is 414 g/mol. The van der Waals surface area contributed by atoms with Crippen LogP contribution in [0, 0.1) is 5.41 Å².